The number of hydrogen-bond donors (Lipinski definition) is 1. The van der Waals surface area contributed by atoms with Crippen LogP contribution in [0.15, 0.2) is 24.5 Å². The van der Waals surface area contributed by atoms with E-state index in [1.807, 2.05) is 29.8 Å². The molecule has 0 bridgehead atoms. The summed E-state index contributed by atoms with van der Waals surface area (Å²) >= 11 is 0. The Morgan fingerprint density at radius 3 is 2.94 bits per heavy atom. The number of rotatable bonds is 5. The van der Waals surface area contributed by atoms with Crippen LogP contribution in [0.3, 0.4) is 0 Å². The van der Waals surface area contributed by atoms with E-state index in [0.717, 1.165) is 24.4 Å². The molecule has 5 heteroatoms. The van der Waals surface area contributed by atoms with Gasteiger partial charge in [0.05, 0.1) is 5.69 Å². The Morgan fingerprint density at radius 2 is 2.22 bits per heavy atom. The number of anilines is 1. The first-order valence-electron chi connectivity index (χ1n) is 6.06. The normalized spacial score (nSPS) is 10.6. The Kier molecular flexibility index (Phi) is 3.82. The second-order valence-corrected chi connectivity index (χ2v) is 4.23. The van der Waals surface area contributed by atoms with Gasteiger partial charge in [0.15, 0.2) is 5.82 Å². The maximum Gasteiger partial charge on any atom is 0.164 e. The van der Waals surface area contributed by atoms with Gasteiger partial charge in [-0.2, -0.15) is 5.10 Å². The van der Waals surface area contributed by atoms with E-state index in [4.69, 9.17) is 10.5 Å². The summed E-state index contributed by atoms with van der Waals surface area (Å²) in [6.45, 7) is 5.33. The summed E-state index contributed by atoms with van der Waals surface area (Å²) in [6, 6.07) is 5.75. The Morgan fingerprint density at radius 1 is 1.39 bits per heavy atom. The summed E-state index contributed by atoms with van der Waals surface area (Å²) in [5.41, 5.74) is 7.66. The van der Waals surface area contributed by atoms with E-state index >= 15 is 0 Å². The highest BCUT2D eigenvalue weighted by atomic mass is 16.5. The van der Waals surface area contributed by atoms with Gasteiger partial charge in [-0.25, -0.2) is 9.67 Å². The molecule has 2 N–H and O–H groups in total. The molecule has 1 heterocycles. The van der Waals surface area contributed by atoms with Crippen LogP contribution >= 0.6 is 0 Å². The van der Waals surface area contributed by atoms with Crippen molar-refractivity contribution in [2.45, 2.75) is 33.4 Å². The van der Waals surface area contributed by atoms with Crippen LogP contribution in [0.4, 0.5) is 5.69 Å². The molecule has 0 unspecified atom stereocenters. The fourth-order valence-electron chi connectivity index (χ4n) is 1.74. The molecule has 0 amide bonds. The number of nitrogen functional groups attached to an aromatic ring is 1. The third kappa shape index (κ3) is 2.80. The van der Waals surface area contributed by atoms with Crippen molar-refractivity contribution in [2.24, 2.45) is 0 Å². The maximum absolute atomic E-state index is 5.89. The van der Waals surface area contributed by atoms with Crippen molar-refractivity contribution in [3.05, 3.63) is 35.9 Å². The highest BCUT2D eigenvalue weighted by Gasteiger charge is 2.06. The minimum Gasteiger partial charge on any atom is -0.483 e. The van der Waals surface area contributed by atoms with Gasteiger partial charge < -0.3 is 10.5 Å². The summed E-state index contributed by atoms with van der Waals surface area (Å²) in [5, 5.41) is 4.15. The average Bonchev–Trinajstić information content (AvgIpc) is 2.76. The molecular weight excluding hydrogens is 228 g/mol. The SMILES string of the molecule is CCCn1ncnc1COc1ccc(C)cc1N. The molecule has 0 radical (unpaired) electrons. The molecule has 0 aliphatic heterocycles. The molecule has 0 fully saturated rings. The van der Waals surface area contributed by atoms with Gasteiger partial charge in [-0.3, -0.25) is 0 Å². The van der Waals surface area contributed by atoms with Crippen molar-refractivity contribution in [3.63, 3.8) is 0 Å². The maximum atomic E-state index is 5.89. The second-order valence-electron chi connectivity index (χ2n) is 4.23. The molecule has 96 valence electrons. The first-order valence-corrected chi connectivity index (χ1v) is 6.06. The van der Waals surface area contributed by atoms with Gasteiger partial charge in [0.25, 0.3) is 0 Å². The van der Waals surface area contributed by atoms with Crippen LogP contribution in [-0.4, -0.2) is 14.8 Å². The smallest absolute Gasteiger partial charge is 0.164 e. The van der Waals surface area contributed by atoms with E-state index in [9.17, 15) is 0 Å². The fraction of sp³-hybridized carbons (Fsp3) is 0.385. The number of aryl methyl sites for hydroxylation is 2. The lowest BCUT2D eigenvalue weighted by Gasteiger charge is -2.09. The van der Waals surface area contributed by atoms with Crippen LogP contribution in [0.5, 0.6) is 5.75 Å². The van der Waals surface area contributed by atoms with E-state index in [1.54, 1.807) is 6.33 Å². The van der Waals surface area contributed by atoms with Crippen LogP contribution < -0.4 is 10.5 Å². The van der Waals surface area contributed by atoms with Gasteiger partial charge in [0.2, 0.25) is 0 Å². The minimum absolute atomic E-state index is 0.382. The van der Waals surface area contributed by atoms with Crippen molar-refractivity contribution in [2.75, 3.05) is 5.73 Å². The summed E-state index contributed by atoms with van der Waals surface area (Å²) < 4.78 is 7.53. The predicted octanol–water partition coefficient (Wildman–Crippen LogP) is 2.16. The summed E-state index contributed by atoms with van der Waals surface area (Å²) in [5.74, 6) is 1.50. The van der Waals surface area contributed by atoms with Gasteiger partial charge >= 0.3 is 0 Å². The van der Waals surface area contributed by atoms with Crippen molar-refractivity contribution in [1.82, 2.24) is 14.8 Å². The van der Waals surface area contributed by atoms with Crippen LogP contribution in [0.1, 0.15) is 24.7 Å². The third-order valence-corrected chi connectivity index (χ3v) is 2.65. The van der Waals surface area contributed by atoms with Crippen molar-refractivity contribution < 1.29 is 4.74 Å². The van der Waals surface area contributed by atoms with Crippen LogP contribution in [0.25, 0.3) is 0 Å². The van der Waals surface area contributed by atoms with Gasteiger partial charge in [0.1, 0.15) is 18.7 Å². The zero-order valence-corrected chi connectivity index (χ0v) is 10.8. The predicted molar refractivity (Wildman–Crippen MR) is 70.2 cm³/mol. The molecule has 2 aromatic rings. The zero-order chi connectivity index (χ0) is 13.0. The van der Waals surface area contributed by atoms with Crippen molar-refractivity contribution >= 4 is 5.69 Å². The highest BCUT2D eigenvalue weighted by Crippen LogP contribution is 2.22. The second kappa shape index (κ2) is 5.53. The zero-order valence-electron chi connectivity index (χ0n) is 10.8. The van der Waals surface area contributed by atoms with Crippen LogP contribution in [-0.2, 0) is 13.2 Å². The quantitative estimate of drug-likeness (QED) is 0.821. The summed E-state index contributed by atoms with van der Waals surface area (Å²) in [4.78, 5) is 4.18. The summed E-state index contributed by atoms with van der Waals surface area (Å²) in [7, 11) is 0. The molecule has 18 heavy (non-hydrogen) atoms. The minimum atomic E-state index is 0.382. The third-order valence-electron chi connectivity index (χ3n) is 2.65. The first-order chi connectivity index (χ1) is 8.70. The number of benzene rings is 1. The standard InChI is InChI=1S/C13H18N4O/c1-3-6-17-13(15-9-16-17)8-18-12-5-4-10(2)7-11(12)14/h4-5,7,9H,3,6,8,14H2,1-2H3. The lowest BCUT2D eigenvalue weighted by molar-refractivity contribution is 0.287. The monoisotopic (exact) mass is 246 g/mol. The largest absolute Gasteiger partial charge is 0.483 e. The van der Waals surface area contributed by atoms with E-state index < -0.39 is 0 Å². The molecule has 0 saturated carbocycles. The average molecular weight is 246 g/mol. The van der Waals surface area contributed by atoms with E-state index in [-0.39, 0.29) is 0 Å². The fourth-order valence-corrected chi connectivity index (χ4v) is 1.74. The Bertz CT molecular complexity index is 521. The lowest BCUT2D eigenvalue weighted by atomic mass is 10.2. The van der Waals surface area contributed by atoms with Gasteiger partial charge in [-0.15, -0.1) is 0 Å². The Labute approximate surface area is 107 Å². The molecule has 0 aliphatic carbocycles. The first kappa shape index (κ1) is 12.4. The highest BCUT2D eigenvalue weighted by molar-refractivity contribution is 5.53. The van der Waals surface area contributed by atoms with Crippen molar-refractivity contribution in [3.8, 4) is 5.75 Å². The van der Waals surface area contributed by atoms with Crippen LogP contribution in [0.2, 0.25) is 0 Å². The number of nitrogens with two attached hydrogens (primary N) is 1. The molecule has 0 atom stereocenters. The Hall–Kier alpha value is -2.04. The summed E-state index contributed by atoms with van der Waals surface area (Å²) in [6.07, 6.45) is 2.57. The van der Waals surface area contributed by atoms with Gasteiger partial charge in [0, 0.05) is 6.54 Å². The molecular formula is C13H18N4O. The molecule has 2 rings (SSSR count). The molecule has 0 aliphatic rings. The number of ether oxygens (including phenoxy) is 1. The lowest BCUT2D eigenvalue weighted by Crippen LogP contribution is -2.09. The topological polar surface area (TPSA) is 66.0 Å². The number of hydrogen-bond acceptors (Lipinski definition) is 4. The molecule has 0 saturated heterocycles. The molecule has 1 aromatic carbocycles. The van der Waals surface area contributed by atoms with Gasteiger partial charge in [-0.05, 0) is 31.0 Å². The van der Waals surface area contributed by atoms with Gasteiger partial charge in [-0.1, -0.05) is 13.0 Å². The van der Waals surface area contributed by atoms with E-state index in [0.29, 0.717) is 18.0 Å². The molecule has 1 aromatic heterocycles. The van der Waals surface area contributed by atoms with E-state index in [1.165, 1.54) is 0 Å². The van der Waals surface area contributed by atoms with Crippen LogP contribution in [0, 0.1) is 6.92 Å². The Balaban J connectivity index is 2.04. The van der Waals surface area contributed by atoms with E-state index in [2.05, 4.69) is 17.0 Å². The number of aromatic nitrogens is 3. The molecule has 0 spiro atoms. The number of nitrogens with zero attached hydrogens (tertiary/aromatic N) is 3. The molecule has 5 nitrogen and oxygen atoms in total. The van der Waals surface area contributed by atoms with Crippen molar-refractivity contribution in [1.29, 1.82) is 0 Å².